The fraction of sp³-hybridized carbons (Fsp3) is 0.474. The van der Waals surface area contributed by atoms with Gasteiger partial charge in [0, 0.05) is 38.9 Å². The number of unbranched alkanes of at least 4 members (excludes halogenated alkanes) is 1. The summed E-state index contributed by atoms with van der Waals surface area (Å²) in [4.78, 5) is 38.1. The Morgan fingerprint density at radius 2 is 1.64 bits per heavy atom. The number of amides is 3. The van der Waals surface area contributed by atoms with Gasteiger partial charge in [-0.05, 0) is 32.0 Å². The number of likely N-dealkylation sites (N-methyl/N-ethyl adjacent to an activating group) is 1. The maximum Gasteiger partial charge on any atom is 0.352 e. The van der Waals surface area contributed by atoms with E-state index >= 15 is 0 Å². The molecule has 2 heterocycles. The van der Waals surface area contributed by atoms with Crippen molar-refractivity contribution < 1.29 is 9.59 Å². The number of hydrogen-bond acceptors (Lipinski definition) is 5. The Bertz CT molecular complexity index is 704. The van der Waals surface area contributed by atoms with Crippen molar-refractivity contribution in [1.29, 1.82) is 0 Å². The molecule has 0 saturated carbocycles. The van der Waals surface area contributed by atoms with Gasteiger partial charge in [-0.3, -0.25) is 9.69 Å². The Hall–Kier alpha value is -1.80. The maximum absolute atomic E-state index is 12.3. The van der Waals surface area contributed by atoms with Crippen molar-refractivity contribution in [2.24, 2.45) is 9.98 Å². The molecule has 9 heteroatoms. The Labute approximate surface area is 178 Å². The van der Waals surface area contributed by atoms with Crippen LogP contribution in [0.25, 0.3) is 0 Å². The average molecular weight is 428 g/mol. The lowest BCUT2D eigenvalue weighted by molar-refractivity contribution is -0.120. The molecule has 0 N–H and O–H groups in total. The molecule has 1 saturated heterocycles. The SMILES string of the molecule is CN1CCN(CCCCN2C(=O)N=C(N=Cc3ccccc3)C2=O)CC1.Cl.Cl. The van der Waals surface area contributed by atoms with Gasteiger partial charge < -0.3 is 9.80 Å². The molecule has 3 amide bonds. The zero-order chi connectivity index (χ0) is 18.4. The van der Waals surface area contributed by atoms with Crippen molar-refractivity contribution in [2.45, 2.75) is 12.8 Å². The van der Waals surface area contributed by atoms with Crippen molar-refractivity contribution in [1.82, 2.24) is 14.7 Å². The van der Waals surface area contributed by atoms with Crippen LogP contribution in [0, 0.1) is 0 Å². The van der Waals surface area contributed by atoms with Gasteiger partial charge in [-0.25, -0.2) is 9.79 Å². The van der Waals surface area contributed by atoms with E-state index in [1.807, 2.05) is 30.3 Å². The van der Waals surface area contributed by atoms with Crippen LogP contribution in [0.15, 0.2) is 40.3 Å². The molecule has 0 atom stereocenters. The lowest BCUT2D eigenvalue weighted by atomic mass is 10.2. The molecular weight excluding hydrogens is 401 g/mol. The lowest BCUT2D eigenvalue weighted by Gasteiger charge is -2.32. The molecule has 0 aliphatic carbocycles. The summed E-state index contributed by atoms with van der Waals surface area (Å²) < 4.78 is 0. The Kier molecular flexibility index (Phi) is 10.3. The van der Waals surface area contributed by atoms with Gasteiger partial charge in [0.1, 0.15) is 0 Å². The quantitative estimate of drug-likeness (QED) is 0.515. The van der Waals surface area contributed by atoms with E-state index < -0.39 is 11.9 Å². The zero-order valence-corrected chi connectivity index (χ0v) is 17.6. The Morgan fingerprint density at radius 1 is 1.00 bits per heavy atom. The van der Waals surface area contributed by atoms with Crippen molar-refractivity contribution >= 4 is 48.8 Å². The van der Waals surface area contributed by atoms with Crippen LogP contribution >= 0.6 is 24.8 Å². The normalized spacial score (nSPS) is 18.2. The number of rotatable bonds is 6. The van der Waals surface area contributed by atoms with E-state index in [0.29, 0.717) is 6.54 Å². The number of urea groups is 1. The van der Waals surface area contributed by atoms with Crippen LogP contribution in [0.2, 0.25) is 0 Å². The highest BCUT2D eigenvalue weighted by Crippen LogP contribution is 2.10. The molecule has 0 radical (unpaired) electrons. The lowest BCUT2D eigenvalue weighted by Crippen LogP contribution is -2.44. The number of amidine groups is 1. The zero-order valence-electron chi connectivity index (χ0n) is 16.0. The molecule has 1 aromatic rings. The van der Waals surface area contributed by atoms with Gasteiger partial charge in [0.2, 0.25) is 5.84 Å². The minimum absolute atomic E-state index is 0. The largest absolute Gasteiger partial charge is 0.352 e. The van der Waals surface area contributed by atoms with Crippen LogP contribution < -0.4 is 0 Å². The van der Waals surface area contributed by atoms with E-state index in [4.69, 9.17) is 0 Å². The van der Waals surface area contributed by atoms with E-state index in [0.717, 1.165) is 51.1 Å². The summed E-state index contributed by atoms with van der Waals surface area (Å²) in [6.07, 6.45) is 3.30. The predicted molar refractivity (Wildman–Crippen MR) is 116 cm³/mol. The van der Waals surface area contributed by atoms with Crippen LogP contribution in [-0.2, 0) is 4.79 Å². The summed E-state index contributed by atoms with van der Waals surface area (Å²) in [6.45, 7) is 5.77. The molecule has 2 aliphatic heterocycles. The fourth-order valence-corrected chi connectivity index (χ4v) is 3.04. The molecule has 0 bridgehead atoms. The predicted octanol–water partition coefficient (Wildman–Crippen LogP) is 2.34. The molecule has 1 aromatic carbocycles. The molecule has 7 nitrogen and oxygen atoms in total. The third-order valence-corrected chi connectivity index (χ3v) is 4.71. The molecule has 28 heavy (non-hydrogen) atoms. The van der Waals surface area contributed by atoms with E-state index in [1.54, 1.807) is 6.21 Å². The second kappa shape index (κ2) is 11.9. The summed E-state index contributed by atoms with van der Waals surface area (Å²) in [5.41, 5.74) is 0.862. The minimum atomic E-state index is -0.505. The summed E-state index contributed by atoms with van der Waals surface area (Å²) >= 11 is 0. The highest BCUT2D eigenvalue weighted by molar-refractivity contribution is 6.46. The average Bonchev–Trinajstić information content (AvgIpc) is 2.93. The number of benzene rings is 1. The van der Waals surface area contributed by atoms with E-state index in [-0.39, 0.29) is 30.6 Å². The second-order valence-electron chi connectivity index (χ2n) is 6.70. The number of carbonyl (C=O) groups excluding carboxylic acids is 2. The van der Waals surface area contributed by atoms with Crippen molar-refractivity contribution in [2.75, 3.05) is 46.3 Å². The standard InChI is InChI=1S/C19H25N5O2.2ClH/c1-22-11-13-23(14-12-22)9-5-6-10-24-18(25)17(21-19(24)26)20-15-16-7-3-2-4-8-16;;/h2-4,7-8,15H,5-6,9-14H2,1H3;2*1H. The molecule has 2 aliphatic rings. The van der Waals surface area contributed by atoms with Gasteiger partial charge >= 0.3 is 6.03 Å². The highest BCUT2D eigenvalue weighted by Gasteiger charge is 2.32. The topological polar surface area (TPSA) is 68.6 Å². The van der Waals surface area contributed by atoms with Gasteiger partial charge in [0.25, 0.3) is 5.91 Å². The Morgan fingerprint density at radius 3 is 2.32 bits per heavy atom. The molecule has 0 spiro atoms. The van der Waals surface area contributed by atoms with Gasteiger partial charge in [-0.2, -0.15) is 4.99 Å². The third-order valence-electron chi connectivity index (χ3n) is 4.71. The maximum atomic E-state index is 12.3. The summed E-state index contributed by atoms with van der Waals surface area (Å²) in [7, 11) is 2.14. The summed E-state index contributed by atoms with van der Waals surface area (Å²) in [6, 6.07) is 8.93. The minimum Gasteiger partial charge on any atom is -0.304 e. The molecule has 0 aromatic heterocycles. The van der Waals surface area contributed by atoms with Gasteiger partial charge in [-0.15, -0.1) is 24.8 Å². The number of halogens is 2. The van der Waals surface area contributed by atoms with Crippen LogP contribution in [0.5, 0.6) is 0 Å². The Balaban J connectivity index is 0.00000196. The van der Waals surface area contributed by atoms with E-state index in [1.165, 1.54) is 4.90 Å². The molecule has 1 fully saturated rings. The molecule has 154 valence electrons. The fourth-order valence-electron chi connectivity index (χ4n) is 3.04. The van der Waals surface area contributed by atoms with Crippen molar-refractivity contribution in [3.8, 4) is 0 Å². The first-order valence-corrected chi connectivity index (χ1v) is 9.08. The van der Waals surface area contributed by atoms with Crippen LogP contribution in [0.1, 0.15) is 18.4 Å². The van der Waals surface area contributed by atoms with Crippen LogP contribution in [0.3, 0.4) is 0 Å². The van der Waals surface area contributed by atoms with Crippen molar-refractivity contribution in [3.63, 3.8) is 0 Å². The highest BCUT2D eigenvalue weighted by atomic mass is 35.5. The van der Waals surface area contributed by atoms with E-state index in [9.17, 15) is 9.59 Å². The van der Waals surface area contributed by atoms with Crippen molar-refractivity contribution in [3.05, 3.63) is 35.9 Å². The molecule has 0 unspecified atom stereocenters. The number of nitrogens with zero attached hydrogens (tertiary/aromatic N) is 5. The third kappa shape index (κ3) is 6.67. The van der Waals surface area contributed by atoms with Gasteiger partial charge in [0.05, 0.1) is 0 Å². The summed E-state index contributed by atoms with van der Waals surface area (Å²) in [5.74, 6) is -0.431. The van der Waals surface area contributed by atoms with Gasteiger partial charge in [-0.1, -0.05) is 30.3 Å². The number of carbonyl (C=O) groups is 2. The number of imide groups is 1. The number of aliphatic imine (C=N–C) groups is 2. The number of piperazine rings is 1. The number of hydrogen-bond donors (Lipinski definition) is 0. The van der Waals surface area contributed by atoms with Crippen LogP contribution in [0.4, 0.5) is 4.79 Å². The second-order valence-corrected chi connectivity index (χ2v) is 6.70. The first-order chi connectivity index (χ1) is 12.6. The first-order valence-electron chi connectivity index (χ1n) is 9.08. The molecular formula is C19H27Cl2N5O2. The smallest absolute Gasteiger partial charge is 0.304 e. The van der Waals surface area contributed by atoms with Gasteiger partial charge in [0.15, 0.2) is 0 Å². The monoisotopic (exact) mass is 427 g/mol. The van der Waals surface area contributed by atoms with E-state index in [2.05, 4.69) is 26.8 Å². The first kappa shape index (κ1) is 24.2. The van der Waals surface area contributed by atoms with Crippen LogP contribution in [-0.4, -0.2) is 85.0 Å². The molecule has 3 rings (SSSR count). The summed E-state index contributed by atoms with van der Waals surface area (Å²) in [5, 5.41) is 0.